The molecule has 6 nitrogen and oxygen atoms in total. The zero-order chi connectivity index (χ0) is 33.5. The van der Waals surface area contributed by atoms with E-state index in [9.17, 15) is 0 Å². The highest BCUT2D eigenvalue weighted by Gasteiger charge is 2.17. The summed E-state index contributed by atoms with van der Waals surface area (Å²) in [5.74, 6) is 1.98. The van der Waals surface area contributed by atoms with Crippen LogP contribution in [0.1, 0.15) is 52.7 Å². The Morgan fingerprint density at radius 1 is 0.333 bits per heavy atom. The van der Waals surface area contributed by atoms with Crippen LogP contribution in [0.4, 0.5) is 0 Å². The minimum Gasteiger partial charge on any atom is -0.416 e. The highest BCUT2D eigenvalue weighted by molar-refractivity contribution is 5.77. The summed E-state index contributed by atoms with van der Waals surface area (Å²) in [7, 11) is 0. The standard InChI is InChI=1S/C42H38N4O2/c1-41(2,3)35-20-16-27(17-21-35)37-43-45-39(47-37)33-14-8-12-31(25-33)29-10-7-11-30(24-29)32-13-9-15-34(26-32)40-46-44-38(48-40)28-18-22-36(23-19-28)42(4,5)6/h7-26H,1-6H3. The normalized spacial score (nSPS) is 12.0. The van der Waals surface area contributed by atoms with E-state index in [0.717, 1.165) is 44.5 Å². The SMILES string of the molecule is CC(C)(C)c1ccc(-c2nnc(-c3cccc(-c4cccc(-c5cccc(-c6nnc(-c7ccc(C(C)(C)C)cc7)o6)c5)c4)c3)o2)cc1. The van der Waals surface area contributed by atoms with Crippen molar-refractivity contribution < 1.29 is 8.83 Å². The molecule has 5 aromatic carbocycles. The van der Waals surface area contributed by atoms with Crippen molar-refractivity contribution in [3.05, 3.63) is 132 Å². The lowest BCUT2D eigenvalue weighted by molar-refractivity contribution is 0.582. The van der Waals surface area contributed by atoms with Crippen LogP contribution < -0.4 is 0 Å². The van der Waals surface area contributed by atoms with Gasteiger partial charge >= 0.3 is 0 Å². The maximum atomic E-state index is 6.13. The highest BCUT2D eigenvalue weighted by Crippen LogP contribution is 2.33. The van der Waals surface area contributed by atoms with Crippen molar-refractivity contribution in [2.24, 2.45) is 0 Å². The molecule has 7 aromatic rings. The number of hydrogen-bond acceptors (Lipinski definition) is 6. The van der Waals surface area contributed by atoms with Crippen LogP contribution in [0.3, 0.4) is 0 Å². The molecule has 2 aromatic heterocycles. The Balaban J connectivity index is 1.12. The monoisotopic (exact) mass is 630 g/mol. The Kier molecular flexibility index (Phi) is 7.88. The number of rotatable bonds is 6. The van der Waals surface area contributed by atoms with E-state index in [1.165, 1.54) is 11.1 Å². The quantitative estimate of drug-likeness (QED) is 0.182. The van der Waals surface area contributed by atoms with E-state index in [0.29, 0.717) is 23.6 Å². The van der Waals surface area contributed by atoms with Gasteiger partial charge in [0.25, 0.3) is 0 Å². The zero-order valence-corrected chi connectivity index (χ0v) is 28.2. The first-order valence-corrected chi connectivity index (χ1v) is 16.2. The van der Waals surface area contributed by atoms with Crippen LogP contribution in [0.2, 0.25) is 0 Å². The van der Waals surface area contributed by atoms with Gasteiger partial charge in [0.05, 0.1) is 0 Å². The first-order chi connectivity index (χ1) is 23.0. The topological polar surface area (TPSA) is 77.8 Å². The molecular formula is C42H38N4O2. The Labute approximate surface area is 281 Å². The zero-order valence-electron chi connectivity index (χ0n) is 28.2. The fourth-order valence-electron chi connectivity index (χ4n) is 5.68. The van der Waals surface area contributed by atoms with Crippen LogP contribution in [0.15, 0.2) is 130 Å². The summed E-state index contributed by atoms with van der Waals surface area (Å²) in [5, 5.41) is 17.4. The Bertz CT molecular complexity index is 2040. The van der Waals surface area contributed by atoms with Gasteiger partial charge in [-0.1, -0.05) is 108 Å². The third-order valence-corrected chi connectivity index (χ3v) is 8.59. The van der Waals surface area contributed by atoms with Crippen LogP contribution >= 0.6 is 0 Å². The van der Waals surface area contributed by atoms with Crippen molar-refractivity contribution in [1.29, 1.82) is 0 Å². The van der Waals surface area contributed by atoms with Crippen LogP contribution in [0.25, 0.3) is 68.1 Å². The fraction of sp³-hybridized carbons (Fsp3) is 0.190. The van der Waals surface area contributed by atoms with E-state index in [1.54, 1.807) is 0 Å². The van der Waals surface area contributed by atoms with Crippen molar-refractivity contribution in [2.75, 3.05) is 0 Å². The van der Waals surface area contributed by atoms with Crippen LogP contribution in [-0.2, 0) is 10.8 Å². The van der Waals surface area contributed by atoms with Gasteiger partial charge in [-0.3, -0.25) is 0 Å². The van der Waals surface area contributed by atoms with Gasteiger partial charge in [-0.05, 0) is 98.8 Å². The van der Waals surface area contributed by atoms with Crippen molar-refractivity contribution in [3.63, 3.8) is 0 Å². The Morgan fingerprint density at radius 3 is 0.917 bits per heavy atom. The molecule has 0 unspecified atom stereocenters. The van der Waals surface area contributed by atoms with E-state index < -0.39 is 0 Å². The molecule has 48 heavy (non-hydrogen) atoms. The third-order valence-electron chi connectivity index (χ3n) is 8.59. The molecule has 0 saturated heterocycles. The summed E-state index contributed by atoms with van der Waals surface area (Å²) < 4.78 is 12.3. The maximum Gasteiger partial charge on any atom is 0.248 e. The number of nitrogens with zero attached hydrogens (tertiary/aromatic N) is 4. The van der Waals surface area contributed by atoms with Gasteiger partial charge in [0.2, 0.25) is 23.6 Å². The molecule has 0 radical (unpaired) electrons. The van der Waals surface area contributed by atoms with E-state index >= 15 is 0 Å². The molecule has 0 N–H and O–H groups in total. The fourth-order valence-corrected chi connectivity index (χ4v) is 5.68. The third kappa shape index (κ3) is 6.47. The first kappa shape index (κ1) is 31.0. The predicted molar refractivity (Wildman–Crippen MR) is 192 cm³/mol. The molecule has 0 aliphatic rings. The van der Waals surface area contributed by atoms with Gasteiger partial charge in [0.15, 0.2) is 0 Å². The van der Waals surface area contributed by atoms with Gasteiger partial charge in [-0.15, -0.1) is 20.4 Å². The van der Waals surface area contributed by atoms with E-state index in [1.807, 2.05) is 48.5 Å². The molecule has 0 saturated carbocycles. The summed E-state index contributed by atoms with van der Waals surface area (Å²) in [6.45, 7) is 13.2. The minimum atomic E-state index is 0.0804. The lowest BCUT2D eigenvalue weighted by Gasteiger charge is -2.18. The Hall–Kier alpha value is -5.62. The molecule has 0 spiro atoms. The van der Waals surface area contributed by atoms with E-state index in [-0.39, 0.29) is 10.8 Å². The Morgan fingerprint density at radius 2 is 0.604 bits per heavy atom. The average molecular weight is 631 g/mol. The molecule has 0 bridgehead atoms. The van der Waals surface area contributed by atoms with Gasteiger partial charge < -0.3 is 8.83 Å². The van der Waals surface area contributed by atoms with Gasteiger partial charge in [-0.2, -0.15) is 0 Å². The number of aromatic nitrogens is 4. The first-order valence-electron chi connectivity index (χ1n) is 16.2. The smallest absolute Gasteiger partial charge is 0.248 e. The molecular weight excluding hydrogens is 592 g/mol. The van der Waals surface area contributed by atoms with Gasteiger partial charge in [0.1, 0.15) is 0 Å². The molecule has 0 aliphatic carbocycles. The summed E-state index contributed by atoms with van der Waals surface area (Å²) >= 11 is 0. The molecule has 2 heterocycles. The van der Waals surface area contributed by atoms with Crippen molar-refractivity contribution >= 4 is 0 Å². The highest BCUT2D eigenvalue weighted by atomic mass is 16.4. The van der Waals surface area contributed by atoms with Gasteiger partial charge in [-0.25, -0.2) is 0 Å². The minimum absolute atomic E-state index is 0.0804. The van der Waals surface area contributed by atoms with Crippen molar-refractivity contribution in [2.45, 2.75) is 52.4 Å². The second kappa shape index (κ2) is 12.2. The average Bonchev–Trinajstić information content (AvgIpc) is 3.80. The molecule has 0 amide bonds. The summed E-state index contributed by atoms with van der Waals surface area (Å²) in [5.41, 5.74) is 10.5. The largest absolute Gasteiger partial charge is 0.416 e. The second-order valence-electron chi connectivity index (χ2n) is 14.2. The lowest BCUT2D eigenvalue weighted by Crippen LogP contribution is -2.10. The molecule has 0 aliphatic heterocycles. The molecule has 7 rings (SSSR count). The molecule has 0 fully saturated rings. The summed E-state index contributed by atoms with van der Waals surface area (Å²) in [6, 6.07) is 41.5. The van der Waals surface area contributed by atoms with E-state index in [4.69, 9.17) is 8.83 Å². The lowest BCUT2D eigenvalue weighted by atomic mass is 9.87. The van der Waals surface area contributed by atoms with Gasteiger partial charge in [0, 0.05) is 22.3 Å². The van der Waals surface area contributed by atoms with Crippen molar-refractivity contribution in [3.8, 4) is 68.1 Å². The summed E-state index contributed by atoms with van der Waals surface area (Å²) in [6.07, 6.45) is 0. The molecule has 6 heteroatoms. The molecule has 238 valence electrons. The van der Waals surface area contributed by atoms with E-state index in [2.05, 4.69) is 135 Å². The molecule has 0 atom stereocenters. The number of benzene rings is 5. The predicted octanol–water partition coefficient (Wildman–Crippen LogP) is 11.0. The maximum absolute atomic E-state index is 6.13. The number of hydrogen-bond donors (Lipinski definition) is 0. The van der Waals surface area contributed by atoms with Crippen LogP contribution in [-0.4, -0.2) is 20.4 Å². The van der Waals surface area contributed by atoms with Crippen molar-refractivity contribution in [1.82, 2.24) is 20.4 Å². The van der Waals surface area contributed by atoms with Crippen LogP contribution in [0, 0.1) is 0 Å². The van der Waals surface area contributed by atoms with Crippen LogP contribution in [0.5, 0.6) is 0 Å². The summed E-state index contributed by atoms with van der Waals surface area (Å²) in [4.78, 5) is 0. The second-order valence-corrected chi connectivity index (χ2v) is 14.2.